The van der Waals surface area contributed by atoms with Gasteiger partial charge in [-0.1, -0.05) is 19.3 Å². The van der Waals surface area contributed by atoms with Crippen molar-refractivity contribution in [2.24, 2.45) is 0 Å². The van der Waals surface area contributed by atoms with Crippen LogP contribution in [-0.2, 0) is 24.2 Å². The van der Waals surface area contributed by atoms with Crippen LogP contribution in [-0.4, -0.2) is 44.4 Å². The molecule has 0 heterocycles. The van der Waals surface area contributed by atoms with Crippen LogP contribution in [0.1, 0.15) is 45.4 Å². The Bertz CT molecular complexity index is 440. The number of hydrogen-bond acceptors (Lipinski definition) is 5. The Kier molecular flexibility index (Phi) is 6.45. The van der Waals surface area contributed by atoms with Crippen LogP contribution in [0.25, 0.3) is 0 Å². The van der Waals surface area contributed by atoms with E-state index in [9.17, 15) is 18.0 Å². The zero-order valence-corrected chi connectivity index (χ0v) is 12.9. The average Bonchev–Trinajstić information content (AvgIpc) is 2.38. The molecule has 0 aliphatic heterocycles. The predicted molar refractivity (Wildman–Crippen MR) is 74.9 cm³/mol. The average molecular weight is 305 g/mol. The molecule has 0 saturated heterocycles. The topological polar surface area (TPSA) is 89.5 Å². The Balaban J connectivity index is 2.47. The van der Waals surface area contributed by atoms with Gasteiger partial charge < -0.3 is 10.1 Å². The van der Waals surface area contributed by atoms with E-state index in [2.05, 4.69) is 10.1 Å². The van der Waals surface area contributed by atoms with E-state index in [1.54, 1.807) is 0 Å². The first-order valence-electron chi connectivity index (χ1n) is 6.93. The molecular weight excluding hydrogens is 282 g/mol. The van der Waals surface area contributed by atoms with Gasteiger partial charge in [-0.15, -0.1) is 0 Å². The summed E-state index contributed by atoms with van der Waals surface area (Å²) in [6.45, 7) is 1.42. The summed E-state index contributed by atoms with van der Waals surface area (Å²) < 4.78 is 28.4. The molecule has 1 unspecified atom stereocenters. The number of esters is 1. The van der Waals surface area contributed by atoms with Crippen LogP contribution in [0.15, 0.2) is 0 Å². The monoisotopic (exact) mass is 305 g/mol. The van der Waals surface area contributed by atoms with Gasteiger partial charge in [0.05, 0.1) is 18.8 Å². The molecule has 0 aromatic heterocycles. The summed E-state index contributed by atoms with van der Waals surface area (Å²) in [5, 5.41) is 1.85. The fourth-order valence-corrected chi connectivity index (χ4v) is 3.41. The highest BCUT2D eigenvalue weighted by Crippen LogP contribution is 2.17. The fourth-order valence-electron chi connectivity index (χ4n) is 2.29. The summed E-state index contributed by atoms with van der Waals surface area (Å²) in [5.41, 5.74) is 0. The van der Waals surface area contributed by atoms with Crippen molar-refractivity contribution in [1.29, 1.82) is 0 Å². The van der Waals surface area contributed by atoms with Crippen LogP contribution in [0.5, 0.6) is 0 Å². The van der Waals surface area contributed by atoms with Gasteiger partial charge in [-0.25, -0.2) is 8.42 Å². The first-order valence-corrected chi connectivity index (χ1v) is 8.64. The molecule has 7 heteroatoms. The normalized spacial score (nSPS) is 18.3. The van der Waals surface area contributed by atoms with Gasteiger partial charge in [0.1, 0.15) is 5.75 Å². The maximum absolute atomic E-state index is 12.0. The minimum Gasteiger partial charge on any atom is -0.469 e. The van der Waals surface area contributed by atoms with Crippen molar-refractivity contribution in [3.05, 3.63) is 0 Å². The van der Waals surface area contributed by atoms with Gasteiger partial charge in [-0.3, -0.25) is 9.59 Å². The van der Waals surface area contributed by atoms with E-state index in [4.69, 9.17) is 0 Å². The van der Waals surface area contributed by atoms with E-state index < -0.39 is 32.7 Å². The van der Waals surface area contributed by atoms with Crippen molar-refractivity contribution in [3.63, 3.8) is 0 Å². The molecule has 1 amide bonds. The van der Waals surface area contributed by atoms with Crippen molar-refractivity contribution in [2.45, 2.75) is 56.7 Å². The summed E-state index contributed by atoms with van der Waals surface area (Å²) in [4.78, 5) is 22.9. The quantitative estimate of drug-likeness (QED) is 0.733. The molecule has 0 aromatic rings. The lowest BCUT2D eigenvalue weighted by atomic mass is 9.95. The molecular formula is C13H23NO5S. The van der Waals surface area contributed by atoms with Gasteiger partial charge in [0.2, 0.25) is 5.91 Å². The molecule has 0 spiro atoms. The number of amides is 1. The molecule has 20 heavy (non-hydrogen) atoms. The van der Waals surface area contributed by atoms with E-state index in [1.165, 1.54) is 20.5 Å². The minimum atomic E-state index is -3.63. The SMILES string of the molecule is COC(=O)CC(C)S(=O)(=O)CC(=O)NC1CCCCC1. The molecule has 1 fully saturated rings. The third-order valence-corrected chi connectivity index (χ3v) is 5.65. The first-order chi connectivity index (χ1) is 9.35. The second-order valence-corrected chi connectivity index (χ2v) is 7.72. The molecule has 1 aliphatic rings. The van der Waals surface area contributed by atoms with Gasteiger partial charge in [0, 0.05) is 6.04 Å². The van der Waals surface area contributed by atoms with Crippen molar-refractivity contribution in [3.8, 4) is 0 Å². The van der Waals surface area contributed by atoms with Gasteiger partial charge in [-0.05, 0) is 19.8 Å². The van der Waals surface area contributed by atoms with E-state index in [-0.39, 0.29) is 12.5 Å². The van der Waals surface area contributed by atoms with E-state index in [0.717, 1.165) is 25.7 Å². The highest BCUT2D eigenvalue weighted by molar-refractivity contribution is 7.92. The highest BCUT2D eigenvalue weighted by atomic mass is 32.2. The molecule has 6 nitrogen and oxygen atoms in total. The van der Waals surface area contributed by atoms with Crippen LogP contribution in [0.2, 0.25) is 0 Å². The molecule has 116 valence electrons. The van der Waals surface area contributed by atoms with Crippen LogP contribution in [0.3, 0.4) is 0 Å². The second-order valence-electron chi connectivity index (χ2n) is 5.30. The van der Waals surface area contributed by atoms with Crippen molar-refractivity contribution < 1.29 is 22.7 Å². The lowest BCUT2D eigenvalue weighted by molar-refractivity contribution is -0.140. The Labute approximate surface area is 120 Å². The summed E-state index contributed by atoms with van der Waals surface area (Å²) >= 11 is 0. The molecule has 0 aromatic carbocycles. The predicted octanol–water partition coefficient (Wildman–Crippen LogP) is 0.802. The zero-order valence-electron chi connectivity index (χ0n) is 12.1. The molecule has 1 aliphatic carbocycles. The van der Waals surface area contributed by atoms with Crippen molar-refractivity contribution in [1.82, 2.24) is 5.32 Å². The maximum Gasteiger partial charge on any atom is 0.306 e. The number of rotatable bonds is 6. The Morgan fingerprint density at radius 1 is 1.25 bits per heavy atom. The largest absolute Gasteiger partial charge is 0.469 e. The Hall–Kier alpha value is -1.11. The van der Waals surface area contributed by atoms with Gasteiger partial charge in [0.15, 0.2) is 9.84 Å². The number of ether oxygens (including phenoxy) is 1. The number of methoxy groups -OCH3 is 1. The van der Waals surface area contributed by atoms with E-state index in [0.29, 0.717) is 0 Å². The lowest BCUT2D eigenvalue weighted by Crippen LogP contribution is -2.41. The van der Waals surface area contributed by atoms with Crippen LogP contribution in [0.4, 0.5) is 0 Å². The third kappa shape index (κ3) is 5.48. The lowest BCUT2D eigenvalue weighted by Gasteiger charge is -2.23. The number of nitrogens with one attached hydrogen (secondary N) is 1. The molecule has 0 bridgehead atoms. The van der Waals surface area contributed by atoms with Gasteiger partial charge in [-0.2, -0.15) is 0 Å². The summed E-state index contributed by atoms with van der Waals surface area (Å²) in [6.07, 6.45) is 4.89. The smallest absolute Gasteiger partial charge is 0.306 e. The number of carbonyl (C=O) groups is 2. The molecule has 1 N–H and O–H groups in total. The number of carbonyl (C=O) groups excluding carboxylic acids is 2. The van der Waals surface area contributed by atoms with Crippen LogP contribution < -0.4 is 5.32 Å². The van der Waals surface area contributed by atoms with E-state index in [1.807, 2.05) is 0 Å². The Morgan fingerprint density at radius 3 is 2.40 bits per heavy atom. The number of hydrogen-bond donors (Lipinski definition) is 1. The maximum atomic E-state index is 12.0. The summed E-state index contributed by atoms with van der Waals surface area (Å²) in [5.74, 6) is -1.64. The summed E-state index contributed by atoms with van der Waals surface area (Å²) in [6, 6.07) is 0.0855. The van der Waals surface area contributed by atoms with Crippen LogP contribution >= 0.6 is 0 Å². The van der Waals surface area contributed by atoms with Crippen molar-refractivity contribution >= 4 is 21.7 Å². The third-order valence-electron chi connectivity index (χ3n) is 3.60. The summed E-state index contributed by atoms with van der Waals surface area (Å²) in [7, 11) is -2.42. The minimum absolute atomic E-state index is 0.0855. The van der Waals surface area contributed by atoms with Crippen molar-refractivity contribution in [2.75, 3.05) is 12.9 Å². The molecule has 1 rings (SSSR count). The molecule has 1 saturated carbocycles. The fraction of sp³-hybridized carbons (Fsp3) is 0.846. The highest BCUT2D eigenvalue weighted by Gasteiger charge is 2.27. The number of sulfone groups is 1. The second kappa shape index (κ2) is 7.61. The molecule has 0 radical (unpaired) electrons. The van der Waals surface area contributed by atoms with E-state index >= 15 is 0 Å². The standard InChI is InChI=1S/C13H23NO5S/c1-10(8-13(16)19-2)20(17,18)9-12(15)14-11-6-4-3-5-7-11/h10-11H,3-9H2,1-2H3,(H,14,15). The molecule has 1 atom stereocenters. The first kappa shape index (κ1) is 16.9. The van der Waals surface area contributed by atoms with Gasteiger partial charge in [0.25, 0.3) is 0 Å². The van der Waals surface area contributed by atoms with Crippen LogP contribution in [0, 0.1) is 0 Å². The van der Waals surface area contributed by atoms with Gasteiger partial charge >= 0.3 is 5.97 Å². The zero-order chi connectivity index (χ0) is 15.2. The Morgan fingerprint density at radius 2 is 1.85 bits per heavy atom.